The third kappa shape index (κ3) is 2.70. The van der Waals surface area contributed by atoms with Crippen molar-refractivity contribution in [2.24, 2.45) is 0 Å². The molecule has 1 aliphatic heterocycles. The van der Waals surface area contributed by atoms with Gasteiger partial charge in [-0.25, -0.2) is 0 Å². The Balaban J connectivity index is 1.82. The number of aromatic nitrogens is 1. The minimum absolute atomic E-state index is 0.0388. The van der Waals surface area contributed by atoms with Gasteiger partial charge in [0.1, 0.15) is 0 Å². The lowest BCUT2D eigenvalue weighted by Crippen LogP contribution is -2.28. The summed E-state index contributed by atoms with van der Waals surface area (Å²) in [5.41, 5.74) is 2.11. The SMILES string of the molecule is Cc1ccc([C@H]2[C@H](c3ccccn3)NC(=S)N2c2ccccc2)s1. The molecule has 1 saturated heterocycles. The summed E-state index contributed by atoms with van der Waals surface area (Å²) in [4.78, 5) is 9.36. The van der Waals surface area contributed by atoms with E-state index in [0.717, 1.165) is 16.5 Å². The van der Waals surface area contributed by atoms with Gasteiger partial charge in [-0.05, 0) is 55.5 Å². The van der Waals surface area contributed by atoms with Crippen LogP contribution in [0.5, 0.6) is 0 Å². The number of nitrogens with one attached hydrogen (secondary N) is 1. The van der Waals surface area contributed by atoms with Crippen molar-refractivity contribution in [1.82, 2.24) is 10.3 Å². The molecule has 1 aliphatic rings. The molecule has 2 aromatic heterocycles. The van der Waals surface area contributed by atoms with Crippen LogP contribution in [0.2, 0.25) is 0 Å². The van der Waals surface area contributed by atoms with Gasteiger partial charge in [0.2, 0.25) is 0 Å². The van der Waals surface area contributed by atoms with E-state index in [1.807, 2.05) is 47.9 Å². The van der Waals surface area contributed by atoms with Crippen LogP contribution in [-0.4, -0.2) is 10.1 Å². The van der Waals surface area contributed by atoms with Crippen molar-refractivity contribution in [2.45, 2.75) is 19.0 Å². The van der Waals surface area contributed by atoms with Gasteiger partial charge in [0, 0.05) is 21.6 Å². The molecule has 1 fully saturated rings. The van der Waals surface area contributed by atoms with Crippen LogP contribution in [-0.2, 0) is 0 Å². The highest BCUT2D eigenvalue weighted by Gasteiger charge is 2.41. The fourth-order valence-corrected chi connectivity index (χ4v) is 4.47. The van der Waals surface area contributed by atoms with Crippen LogP contribution in [0.4, 0.5) is 5.69 Å². The minimum atomic E-state index is 0.0388. The summed E-state index contributed by atoms with van der Waals surface area (Å²) in [6.45, 7) is 2.14. The molecular formula is C19H17N3S2. The third-order valence-electron chi connectivity index (χ3n) is 4.19. The van der Waals surface area contributed by atoms with Crippen molar-refractivity contribution in [3.8, 4) is 0 Å². The molecular weight excluding hydrogens is 334 g/mol. The highest BCUT2D eigenvalue weighted by molar-refractivity contribution is 7.80. The lowest BCUT2D eigenvalue weighted by molar-refractivity contribution is 0.575. The Labute approximate surface area is 151 Å². The van der Waals surface area contributed by atoms with Crippen LogP contribution in [0.3, 0.4) is 0 Å². The van der Waals surface area contributed by atoms with Crippen LogP contribution in [0, 0.1) is 6.92 Å². The third-order valence-corrected chi connectivity index (χ3v) is 5.57. The first-order valence-corrected chi connectivity index (χ1v) is 9.08. The number of aryl methyl sites for hydroxylation is 1. The maximum absolute atomic E-state index is 5.68. The lowest BCUT2D eigenvalue weighted by atomic mass is 10.0. The van der Waals surface area contributed by atoms with Gasteiger partial charge < -0.3 is 10.2 Å². The van der Waals surface area contributed by atoms with Crippen LogP contribution in [0.15, 0.2) is 66.9 Å². The molecule has 0 amide bonds. The second-order valence-electron chi connectivity index (χ2n) is 5.78. The van der Waals surface area contributed by atoms with Gasteiger partial charge in [-0.1, -0.05) is 24.3 Å². The molecule has 3 heterocycles. The summed E-state index contributed by atoms with van der Waals surface area (Å²) >= 11 is 7.49. The van der Waals surface area contributed by atoms with E-state index in [0.29, 0.717) is 0 Å². The summed E-state index contributed by atoms with van der Waals surface area (Å²) in [6.07, 6.45) is 1.84. The molecule has 1 aromatic carbocycles. The fraction of sp³-hybridized carbons (Fsp3) is 0.158. The Morgan fingerprint density at radius 2 is 1.83 bits per heavy atom. The number of nitrogens with zero attached hydrogens (tertiary/aromatic N) is 2. The molecule has 0 saturated carbocycles. The molecule has 0 unspecified atom stereocenters. The van der Waals surface area contributed by atoms with E-state index in [4.69, 9.17) is 12.2 Å². The van der Waals surface area contributed by atoms with Gasteiger partial charge in [0.05, 0.1) is 17.8 Å². The van der Waals surface area contributed by atoms with E-state index in [2.05, 4.69) is 52.5 Å². The highest BCUT2D eigenvalue weighted by Crippen LogP contribution is 2.43. The van der Waals surface area contributed by atoms with E-state index in [1.54, 1.807) is 0 Å². The Hall–Kier alpha value is -2.24. The monoisotopic (exact) mass is 351 g/mol. The van der Waals surface area contributed by atoms with Gasteiger partial charge >= 0.3 is 0 Å². The van der Waals surface area contributed by atoms with Gasteiger partial charge in [-0.3, -0.25) is 4.98 Å². The predicted molar refractivity (Wildman–Crippen MR) is 103 cm³/mol. The zero-order valence-corrected chi connectivity index (χ0v) is 14.8. The Morgan fingerprint density at radius 3 is 2.50 bits per heavy atom. The van der Waals surface area contributed by atoms with Gasteiger partial charge in [-0.15, -0.1) is 11.3 Å². The van der Waals surface area contributed by atoms with Crippen molar-refractivity contribution in [3.63, 3.8) is 0 Å². The first-order valence-electron chi connectivity index (χ1n) is 7.86. The average Bonchev–Trinajstić information content (AvgIpc) is 3.19. The fourth-order valence-electron chi connectivity index (χ4n) is 3.12. The molecule has 1 N–H and O–H groups in total. The van der Waals surface area contributed by atoms with Crippen LogP contribution in [0.25, 0.3) is 0 Å². The Morgan fingerprint density at radius 1 is 1.04 bits per heavy atom. The first-order chi connectivity index (χ1) is 11.7. The molecule has 0 bridgehead atoms. The second kappa shape index (κ2) is 6.34. The Bertz CT molecular complexity index is 845. The number of thiophene rings is 1. The van der Waals surface area contributed by atoms with Gasteiger partial charge in [0.25, 0.3) is 0 Å². The standard InChI is InChI=1S/C19H17N3S2/c1-13-10-11-16(24-13)18-17(15-9-5-6-12-20-15)21-19(23)22(18)14-7-3-2-4-8-14/h2-12,17-18H,1H3,(H,21,23)/t17-,18-/m0/s1. The first kappa shape index (κ1) is 15.3. The zero-order chi connectivity index (χ0) is 16.5. The van der Waals surface area contributed by atoms with Crippen LogP contribution >= 0.6 is 23.6 Å². The highest BCUT2D eigenvalue weighted by atomic mass is 32.1. The number of thiocarbonyl (C=S) groups is 1. The van der Waals surface area contributed by atoms with Crippen molar-refractivity contribution < 1.29 is 0 Å². The van der Waals surface area contributed by atoms with E-state index >= 15 is 0 Å². The van der Waals surface area contributed by atoms with Crippen LogP contribution < -0.4 is 10.2 Å². The normalized spacial score (nSPS) is 20.2. The molecule has 5 heteroatoms. The van der Waals surface area contributed by atoms with Crippen molar-refractivity contribution in [3.05, 3.63) is 82.3 Å². The molecule has 3 aromatic rings. The molecule has 120 valence electrons. The zero-order valence-electron chi connectivity index (χ0n) is 13.2. The van der Waals surface area contributed by atoms with E-state index in [-0.39, 0.29) is 12.1 Å². The largest absolute Gasteiger partial charge is 0.351 e. The maximum Gasteiger partial charge on any atom is 0.174 e. The molecule has 2 atom stereocenters. The van der Waals surface area contributed by atoms with Gasteiger partial charge in [-0.2, -0.15) is 0 Å². The maximum atomic E-state index is 5.68. The average molecular weight is 352 g/mol. The summed E-state index contributed by atoms with van der Waals surface area (Å²) in [6, 6.07) is 20.8. The number of para-hydroxylation sites is 1. The molecule has 4 rings (SSSR count). The quantitative estimate of drug-likeness (QED) is 0.697. The molecule has 24 heavy (non-hydrogen) atoms. The minimum Gasteiger partial charge on any atom is -0.351 e. The number of hydrogen-bond acceptors (Lipinski definition) is 3. The molecule has 0 aliphatic carbocycles. The number of rotatable bonds is 3. The number of benzene rings is 1. The summed E-state index contributed by atoms with van der Waals surface area (Å²) in [5.74, 6) is 0. The van der Waals surface area contributed by atoms with Crippen LogP contribution in [0.1, 0.15) is 27.5 Å². The summed E-state index contributed by atoms with van der Waals surface area (Å²) in [5, 5.41) is 4.22. The Kier molecular flexibility index (Phi) is 4.04. The number of hydrogen-bond donors (Lipinski definition) is 1. The topological polar surface area (TPSA) is 28.2 Å². The van der Waals surface area contributed by atoms with Gasteiger partial charge in [0.15, 0.2) is 5.11 Å². The molecule has 0 radical (unpaired) electrons. The van der Waals surface area contributed by atoms with E-state index in [1.165, 1.54) is 9.75 Å². The molecule has 3 nitrogen and oxygen atoms in total. The summed E-state index contributed by atoms with van der Waals surface area (Å²) < 4.78 is 0. The van der Waals surface area contributed by atoms with Crippen molar-refractivity contribution >= 4 is 34.4 Å². The smallest absolute Gasteiger partial charge is 0.174 e. The number of pyridine rings is 1. The predicted octanol–water partition coefficient (Wildman–Crippen LogP) is 4.63. The van der Waals surface area contributed by atoms with Crippen molar-refractivity contribution in [2.75, 3.05) is 4.90 Å². The second-order valence-corrected chi connectivity index (χ2v) is 7.49. The van der Waals surface area contributed by atoms with Crippen molar-refractivity contribution in [1.29, 1.82) is 0 Å². The number of anilines is 1. The van der Waals surface area contributed by atoms with E-state index in [9.17, 15) is 0 Å². The summed E-state index contributed by atoms with van der Waals surface area (Å²) in [7, 11) is 0. The lowest BCUT2D eigenvalue weighted by Gasteiger charge is -2.26. The molecule has 0 spiro atoms. The van der Waals surface area contributed by atoms with E-state index < -0.39 is 0 Å².